The Balaban J connectivity index is 1.55. The van der Waals surface area contributed by atoms with E-state index in [0.29, 0.717) is 12.2 Å². The number of amides is 1. The van der Waals surface area contributed by atoms with Gasteiger partial charge in [0.2, 0.25) is 5.91 Å². The standard InChI is InChI=1S/C19H22FN3O/c1-3-23(2)18-7-6-13(9-17(18)20)11-22-19(24)16-10-15(16)14-5-4-8-21-12-14/h4-9,12,15-16H,3,10-11H2,1-2H3,(H,22,24)/t15-,16+/m0/s1. The fourth-order valence-corrected chi connectivity index (χ4v) is 2.91. The van der Waals surface area contributed by atoms with Crippen LogP contribution in [-0.4, -0.2) is 24.5 Å². The highest BCUT2D eigenvalue weighted by Crippen LogP contribution is 2.47. The first-order valence-corrected chi connectivity index (χ1v) is 8.27. The van der Waals surface area contributed by atoms with Crippen molar-refractivity contribution < 1.29 is 9.18 Å². The van der Waals surface area contributed by atoms with Crippen LogP contribution >= 0.6 is 0 Å². The summed E-state index contributed by atoms with van der Waals surface area (Å²) in [6, 6.07) is 9.00. The lowest BCUT2D eigenvalue weighted by Gasteiger charge is -2.18. The van der Waals surface area contributed by atoms with Gasteiger partial charge < -0.3 is 10.2 Å². The SMILES string of the molecule is CCN(C)c1ccc(CNC(=O)[C@@H]2C[C@H]2c2cccnc2)cc1F. The molecule has 1 N–H and O–H groups in total. The molecule has 1 saturated carbocycles. The summed E-state index contributed by atoms with van der Waals surface area (Å²) < 4.78 is 14.1. The summed E-state index contributed by atoms with van der Waals surface area (Å²) in [4.78, 5) is 18.2. The monoisotopic (exact) mass is 327 g/mol. The van der Waals surface area contributed by atoms with Crippen molar-refractivity contribution in [2.45, 2.75) is 25.8 Å². The van der Waals surface area contributed by atoms with Crippen LogP contribution in [0.15, 0.2) is 42.7 Å². The summed E-state index contributed by atoms with van der Waals surface area (Å²) >= 11 is 0. The molecule has 1 fully saturated rings. The quantitative estimate of drug-likeness (QED) is 0.887. The van der Waals surface area contributed by atoms with Crippen LogP contribution in [0.25, 0.3) is 0 Å². The van der Waals surface area contributed by atoms with E-state index in [1.807, 2.05) is 43.3 Å². The first kappa shape index (κ1) is 16.4. The average molecular weight is 327 g/mol. The van der Waals surface area contributed by atoms with Gasteiger partial charge in [-0.25, -0.2) is 4.39 Å². The minimum absolute atomic E-state index is 0.00421. The minimum atomic E-state index is -0.259. The van der Waals surface area contributed by atoms with Gasteiger partial charge in [0.25, 0.3) is 0 Å². The summed E-state index contributed by atoms with van der Waals surface area (Å²) in [5.74, 6) is 0.0327. The van der Waals surface area contributed by atoms with Crippen molar-refractivity contribution in [1.29, 1.82) is 0 Å². The maximum Gasteiger partial charge on any atom is 0.224 e. The number of aromatic nitrogens is 1. The normalized spacial score (nSPS) is 19.0. The Bertz CT molecular complexity index is 720. The fraction of sp³-hybridized carbons (Fsp3) is 0.368. The van der Waals surface area contributed by atoms with Gasteiger partial charge in [-0.1, -0.05) is 12.1 Å². The maximum atomic E-state index is 14.1. The Morgan fingerprint density at radius 1 is 1.42 bits per heavy atom. The molecule has 4 nitrogen and oxygen atoms in total. The molecule has 2 aromatic rings. The van der Waals surface area contributed by atoms with E-state index >= 15 is 0 Å². The van der Waals surface area contributed by atoms with Crippen molar-refractivity contribution in [3.05, 3.63) is 59.7 Å². The molecule has 1 aliphatic rings. The Hall–Kier alpha value is -2.43. The predicted molar refractivity (Wildman–Crippen MR) is 92.3 cm³/mol. The number of nitrogens with one attached hydrogen (secondary N) is 1. The summed E-state index contributed by atoms with van der Waals surface area (Å²) in [5, 5.41) is 2.91. The van der Waals surface area contributed by atoms with E-state index in [4.69, 9.17) is 0 Å². The number of benzene rings is 1. The van der Waals surface area contributed by atoms with E-state index in [2.05, 4.69) is 10.3 Å². The molecule has 126 valence electrons. The smallest absolute Gasteiger partial charge is 0.224 e. The van der Waals surface area contributed by atoms with Crippen LogP contribution in [-0.2, 0) is 11.3 Å². The Labute approximate surface area is 141 Å². The minimum Gasteiger partial charge on any atom is -0.373 e. The Morgan fingerprint density at radius 2 is 2.25 bits per heavy atom. The van der Waals surface area contributed by atoms with Gasteiger partial charge in [0.1, 0.15) is 5.82 Å². The molecule has 5 heteroatoms. The van der Waals surface area contributed by atoms with E-state index in [1.165, 1.54) is 6.07 Å². The molecule has 0 saturated heterocycles. The van der Waals surface area contributed by atoms with Crippen molar-refractivity contribution in [2.75, 3.05) is 18.5 Å². The zero-order chi connectivity index (χ0) is 17.1. The number of carbonyl (C=O) groups excluding carboxylic acids is 1. The van der Waals surface area contributed by atoms with Crippen LogP contribution in [0.3, 0.4) is 0 Å². The van der Waals surface area contributed by atoms with Gasteiger partial charge in [-0.15, -0.1) is 0 Å². The summed E-state index contributed by atoms with van der Waals surface area (Å²) in [6.07, 6.45) is 4.40. The molecule has 0 unspecified atom stereocenters. The van der Waals surface area contributed by atoms with Gasteiger partial charge >= 0.3 is 0 Å². The molecule has 3 rings (SSSR count). The highest BCUT2D eigenvalue weighted by Gasteiger charge is 2.43. The summed E-state index contributed by atoms with van der Waals surface area (Å²) in [5.41, 5.74) is 2.45. The molecule has 1 heterocycles. The molecular weight excluding hydrogens is 305 g/mol. The molecule has 0 bridgehead atoms. The predicted octanol–water partition coefficient (Wildman–Crippen LogP) is 3.10. The molecule has 1 aliphatic carbocycles. The number of carbonyl (C=O) groups is 1. The lowest BCUT2D eigenvalue weighted by atomic mass is 10.1. The zero-order valence-electron chi connectivity index (χ0n) is 14.0. The fourth-order valence-electron chi connectivity index (χ4n) is 2.91. The Kier molecular flexibility index (Phi) is 4.79. The molecule has 0 aliphatic heterocycles. The van der Waals surface area contributed by atoms with Crippen molar-refractivity contribution in [2.24, 2.45) is 5.92 Å². The second-order valence-corrected chi connectivity index (χ2v) is 6.25. The zero-order valence-corrected chi connectivity index (χ0v) is 14.0. The van der Waals surface area contributed by atoms with Gasteiger partial charge in [-0.05, 0) is 48.6 Å². The van der Waals surface area contributed by atoms with E-state index in [9.17, 15) is 9.18 Å². The molecule has 24 heavy (non-hydrogen) atoms. The van der Waals surface area contributed by atoms with Gasteiger partial charge in [-0.3, -0.25) is 9.78 Å². The third kappa shape index (κ3) is 3.55. The van der Waals surface area contributed by atoms with Crippen molar-refractivity contribution in [1.82, 2.24) is 10.3 Å². The highest BCUT2D eigenvalue weighted by molar-refractivity contribution is 5.82. The first-order chi connectivity index (χ1) is 11.6. The average Bonchev–Trinajstić information content (AvgIpc) is 3.41. The summed E-state index contributed by atoms with van der Waals surface area (Å²) in [6.45, 7) is 3.06. The number of hydrogen-bond acceptors (Lipinski definition) is 3. The van der Waals surface area contributed by atoms with Crippen molar-refractivity contribution in [3.8, 4) is 0 Å². The molecule has 0 radical (unpaired) electrons. The van der Waals surface area contributed by atoms with Crippen molar-refractivity contribution >= 4 is 11.6 Å². The van der Waals surface area contributed by atoms with Crippen LogP contribution in [0.5, 0.6) is 0 Å². The number of halogens is 1. The van der Waals surface area contributed by atoms with E-state index in [0.717, 1.165) is 24.1 Å². The second kappa shape index (κ2) is 6.99. The second-order valence-electron chi connectivity index (χ2n) is 6.25. The van der Waals surface area contributed by atoms with Gasteiger partial charge in [0.05, 0.1) is 5.69 Å². The number of anilines is 1. The molecular formula is C19H22FN3O. The number of pyridine rings is 1. The van der Waals surface area contributed by atoms with Gasteiger partial charge in [0, 0.05) is 38.4 Å². The van der Waals surface area contributed by atoms with Gasteiger partial charge in [-0.2, -0.15) is 0 Å². The number of hydrogen-bond donors (Lipinski definition) is 1. The maximum absolute atomic E-state index is 14.1. The van der Waals surface area contributed by atoms with E-state index in [-0.39, 0.29) is 23.6 Å². The Morgan fingerprint density at radius 3 is 2.92 bits per heavy atom. The molecule has 1 aromatic heterocycles. The molecule has 0 spiro atoms. The van der Waals surface area contributed by atoms with Crippen LogP contribution in [0.2, 0.25) is 0 Å². The van der Waals surface area contributed by atoms with Crippen LogP contribution in [0.1, 0.15) is 30.4 Å². The largest absolute Gasteiger partial charge is 0.373 e. The number of nitrogens with zero attached hydrogens (tertiary/aromatic N) is 2. The first-order valence-electron chi connectivity index (χ1n) is 8.27. The molecule has 1 aromatic carbocycles. The molecule has 2 atom stereocenters. The third-order valence-corrected chi connectivity index (χ3v) is 4.60. The topological polar surface area (TPSA) is 45.2 Å². The lowest BCUT2D eigenvalue weighted by Crippen LogP contribution is -2.25. The number of rotatable bonds is 6. The van der Waals surface area contributed by atoms with Crippen LogP contribution in [0.4, 0.5) is 10.1 Å². The lowest BCUT2D eigenvalue weighted by molar-refractivity contribution is -0.122. The van der Waals surface area contributed by atoms with E-state index in [1.54, 1.807) is 12.3 Å². The third-order valence-electron chi connectivity index (χ3n) is 4.60. The van der Waals surface area contributed by atoms with Crippen LogP contribution in [0, 0.1) is 11.7 Å². The van der Waals surface area contributed by atoms with Gasteiger partial charge in [0.15, 0.2) is 0 Å². The highest BCUT2D eigenvalue weighted by atomic mass is 19.1. The van der Waals surface area contributed by atoms with E-state index < -0.39 is 0 Å². The van der Waals surface area contributed by atoms with Crippen LogP contribution < -0.4 is 10.2 Å². The summed E-state index contributed by atoms with van der Waals surface area (Å²) in [7, 11) is 1.85. The van der Waals surface area contributed by atoms with Crippen molar-refractivity contribution in [3.63, 3.8) is 0 Å². The molecule has 1 amide bonds.